The molecular weight excluding hydrogens is 273 g/mol. The fourth-order valence-electron chi connectivity index (χ4n) is 1.90. The predicted octanol–water partition coefficient (Wildman–Crippen LogP) is 2.49. The Kier molecular flexibility index (Phi) is 3.51. The van der Waals surface area contributed by atoms with Crippen LogP contribution in [-0.2, 0) is 4.79 Å². The van der Waals surface area contributed by atoms with Crippen molar-refractivity contribution in [2.45, 2.75) is 0 Å². The molecule has 21 heavy (non-hydrogen) atoms. The zero-order chi connectivity index (χ0) is 14.7. The summed E-state index contributed by atoms with van der Waals surface area (Å²) in [5.74, 6) is -0.805. The van der Waals surface area contributed by atoms with Gasteiger partial charge in [0.25, 0.3) is 5.91 Å². The second-order valence-corrected chi connectivity index (χ2v) is 4.38. The van der Waals surface area contributed by atoms with Crippen LogP contribution in [0.5, 0.6) is 5.75 Å². The van der Waals surface area contributed by atoms with E-state index in [4.69, 9.17) is 4.74 Å². The molecule has 0 fully saturated rings. The first-order chi connectivity index (χ1) is 10.2. The highest BCUT2D eigenvalue weighted by molar-refractivity contribution is 5.91. The summed E-state index contributed by atoms with van der Waals surface area (Å²) in [6.07, 6.45) is 5.19. The van der Waals surface area contributed by atoms with E-state index in [-0.39, 0.29) is 18.3 Å². The SMILES string of the molecule is O=C(COc1ccccc1F)Nc1ccc2nccn2c1. The molecule has 2 heterocycles. The van der Waals surface area contributed by atoms with E-state index in [1.807, 2.05) is 0 Å². The Morgan fingerprint density at radius 2 is 2.14 bits per heavy atom. The minimum Gasteiger partial charge on any atom is -0.481 e. The topological polar surface area (TPSA) is 55.6 Å². The summed E-state index contributed by atoms with van der Waals surface area (Å²) in [5, 5.41) is 2.68. The molecule has 0 unspecified atom stereocenters. The van der Waals surface area contributed by atoms with Gasteiger partial charge < -0.3 is 14.5 Å². The van der Waals surface area contributed by atoms with Crippen LogP contribution in [0.1, 0.15) is 0 Å². The smallest absolute Gasteiger partial charge is 0.262 e. The summed E-state index contributed by atoms with van der Waals surface area (Å²) >= 11 is 0. The summed E-state index contributed by atoms with van der Waals surface area (Å²) in [7, 11) is 0. The Morgan fingerprint density at radius 1 is 1.29 bits per heavy atom. The number of carbonyl (C=O) groups excluding carboxylic acids is 1. The second-order valence-electron chi connectivity index (χ2n) is 4.38. The molecule has 1 amide bonds. The number of carbonyl (C=O) groups is 1. The number of benzene rings is 1. The Balaban J connectivity index is 1.62. The number of hydrogen-bond acceptors (Lipinski definition) is 3. The van der Waals surface area contributed by atoms with E-state index in [1.165, 1.54) is 12.1 Å². The van der Waals surface area contributed by atoms with Crippen LogP contribution in [-0.4, -0.2) is 21.9 Å². The summed E-state index contributed by atoms with van der Waals surface area (Å²) in [6.45, 7) is -0.261. The number of aromatic nitrogens is 2. The number of hydrogen-bond donors (Lipinski definition) is 1. The summed E-state index contributed by atoms with van der Waals surface area (Å²) in [4.78, 5) is 15.9. The third-order valence-electron chi connectivity index (χ3n) is 2.87. The minimum atomic E-state index is -0.495. The third kappa shape index (κ3) is 3.00. The van der Waals surface area contributed by atoms with E-state index in [1.54, 1.807) is 47.3 Å². The first kappa shape index (κ1) is 13.1. The fourth-order valence-corrected chi connectivity index (χ4v) is 1.90. The van der Waals surface area contributed by atoms with Gasteiger partial charge in [-0.1, -0.05) is 12.1 Å². The Labute approximate surface area is 120 Å². The predicted molar refractivity (Wildman–Crippen MR) is 75.7 cm³/mol. The lowest BCUT2D eigenvalue weighted by atomic mass is 10.3. The highest BCUT2D eigenvalue weighted by atomic mass is 19.1. The van der Waals surface area contributed by atoms with E-state index in [9.17, 15) is 9.18 Å². The van der Waals surface area contributed by atoms with E-state index >= 15 is 0 Å². The number of para-hydroxylation sites is 1. The van der Waals surface area contributed by atoms with Crippen molar-refractivity contribution in [3.05, 3.63) is 60.8 Å². The second kappa shape index (κ2) is 5.62. The molecule has 106 valence electrons. The number of imidazole rings is 1. The minimum absolute atomic E-state index is 0.0534. The largest absolute Gasteiger partial charge is 0.481 e. The van der Waals surface area contributed by atoms with Crippen LogP contribution in [0.15, 0.2) is 55.0 Å². The van der Waals surface area contributed by atoms with E-state index < -0.39 is 5.82 Å². The number of pyridine rings is 1. The van der Waals surface area contributed by atoms with Gasteiger partial charge in [0.1, 0.15) is 5.65 Å². The number of nitrogens with zero attached hydrogens (tertiary/aromatic N) is 2. The van der Waals surface area contributed by atoms with Gasteiger partial charge in [-0.25, -0.2) is 9.37 Å². The van der Waals surface area contributed by atoms with Crippen LogP contribution < -0.4 is 10.1 Å². The highest BCUT2D eigenvalue weighted by Crippen LogP contribution is 2.15. The van der Waals surface area contributed by atoms with Crippen LogP contribution in [0.25, 0.3) is 5.65 Å². The molecule has 0 saturated carbocycles. The molecule has 3 rings (SSSR count). The maximum Gasteiger partial charge on any atom is 0.262 e. The van der Waals surface area contributed by atoms with Crippen LogP contribution in [0.3, 0.4) is 0 Å². The lowest BCUT2D eigenvalue weighted by molar-refractivity contribution is -0.118. The zero-order valence-corrected chi connectivity index (χ0v) is 11.0. The first-order valence-corrected chi connectivity index (χ1v) is 6.32. The fraction of sp³-hybridized carbons (Fsp3) is 0.0667. The Hall–Kier alpha value is -2.89. The molecular formula is C15H12FN3O2. The average Bonchev–Trinajstić information content (AvgIpc) is 2.94. The van der Waals surface area contributed by atoms with Crippen LogP contribution in [0.4, 0.5) is 10.1 Å². The molecule has 1 aromatic carbocycles. The molecule has 5 nitrogen and oxygen atoms in total. The average molecular weight is 285 g/mol. The molecule has 0 saturated heterocycles. The van der Waals surface area contributed by atoms with Crippen molar-refractivity contribution < 1.29 is 13.9 Å². The molecule has 2 aromatic heterocycles. The number of amides is 1. The van der Waals surface area contributed by atoms with Gasteiger partial charge >= 0.3 is 0 Å². The maximum atomic E-state index is 13.3. The lowest BCUT2D eigenvalue weighted by Crippen LogP contribution is -2.20. The van der Waals surface area contributed by atoms with Crippen LogP contribution in [0.2, 0.25) is 0 Å². The van der Waals surface area contributed by atoms with Gasteiger partial charge in [-0.2, -0.15) is 0 Å². The van der Waals surface area contributed by atoms with Crippen molar-refractivity contribution in [1.29, 1.82) is 0 Å². The number of ether oxygens (including phenoxy) is 1. The first-order valence-electron chi connectivity index (χ1n) is 6.32. The van der Waals surface area contributed by atoms with Gasteiger partial charge in [-0.15, -0.1) is 0 Å². The van der Waals surface area contributed by atoms with Crippen molar-refractivity contribution in [2.24, 2.45) is 0 Å². The quantitative estimate of drug-likeness (QED) is 0.801. The van der Waals surface area contributed by atoms with Gasteiger partial charge in [0, 0.05) is 18.6 Å². The van der Waals surface area contributed by atoms with Gasteiger partial charge in [-0.3, -0.25) is 4.79 Å². The van der Waals surface area contributed by atoms with Gasteiger partial charge in [0.2, 0.25) is 0 Å². The maximum absolute atomic E-state index is 13.3. The van der Waals surface area contributed by atoms with Crippen molar-refractivity contribution in [2.75, 3.05) is 11.9 Å². The van der Waals surface area contributed by atoms with Gasteiger partial charge in [0.15, 0.2) is 18.2 Å². The summed E-state index contributed by atoms with van der Waals surface area (Å²) in [5.41, 5.74) is 1.40. The van der Waals surface area contributed by atoms with Crippen LogP contribution >= 0.6 is 0 Å². The molecule has 0 aliphatic heterocycles. The van der Waals surface area contributed by atoms with Crippen LogP contribution in [0, 0.1) is 5.82 Å². The number of halogens is 1. The van der Waals surface area contributed by atoms with Crippen molar-refractivity contribution in [3.63, 3.8) is 0 Å². The zero-order valence-electron chi connectivity index (χ0n) is 11.0. The summed E-state index contributed by atoms with van der Waals surface area (Å²) < 4.78 is 20.3. The Morgan fingerprint density at radius 3 is 3.00 bits per heavy atom. The molecule has 0 radical (unpaired) electrons. The molecule has 0 bridgehead atoms. The van der Waals surface area contributed by atoms with Crippen molar-refractivity contribution in [1.82, 2.24) is 9.38 Å². The number of rotatable bonds is 4. The Bertz CT molecular complexity index is 785. The summed E-state index contributed by atoms with van der Waals surface area (Å²) in [6, 6.07) is 9.48. The van der Waals surface area contributed by atoms with Gasteiger partial charge in [0.05, 0.1) is 5.69 Å². The molecule has 0 aliphatic rings. The number of fused-ring (bicyclic) bond motifs is 1. The standard InChI is InChI=1S/C15H12FN3O2/c16-12-3-1-2-4-13(12)21-10-15(20)18-11-5-6-14-17-7-8-19(14)9-11/h1-9H,10H2,(H,18,20). The molecule has 0 aliphatic carbocycles. The van der Waals surface area contributed by atoms with E-state index in [0.717, 1.165) is 5.65 Å². The van der Waals surface area contributed by atoms with Gasteiger partial charge in [-0.05, 0) is 24.3 Å². The molecule has 3 aromatic rings. The number of nitrogens with one attached hydrogen (secondary N) is 1. The molecule has 6 heteroatoms. The number of anilines is 1. The monoisotopic (exact) mass is 285 g/mol. The normalized spacial score (nSPS) is 10.5. The lowest BCUT2D eigenvalue weighted by Gasteiger charge is -2.08. The third-order valence-corrected chi connectivity index (χ3v) is 2.87. The molecule has 1 N–H and O–H groups in total. The molecule has 0 atom stereocenters. The van der Waals surface area contributed by atoms with Crippen molar-refractivity contribution >= 4 is 17.2 Å². The van der Waals surface area contributed by atoms with E-state index in [2.05, 4.69) is 10.3 Å². The van der Waals surface area contributed by atoms with E-state index in [0.29, 0.717) is 5.69 Å². The highest BCUT2D eigenvalue weighted by Gasteiger charge is 2.07. The van der Waals surface area contributed by atoms with Crippen molar-refractivity contribution in [3.8, 4) is 5.75 Å². The molecule has 0 spiro atoms.